The van der Waals surface area contributed by atoms with Crippen molar-refractivity contribution in [3.63, 3.8) is 0 Å². The molecule has 3 heterocycles. The van der Waals surface area contributed by atoms with Gasteiger partial charge in [-0.1, -0.05) is 0 Å². The zero-order valence-corrected chi connectivity index (χ0v) is 13.9. The molecule has 7 heteroatoms. The Morgan fingerprint density at radius 2 is 2.04 bits per heavy atom. The molecule has 0 spiro atoms. The van der Waals surface area contributed by atoms with E-state index in [1.54, 1.807) is 0 Å². The van der Waals surface area contributed by atoms with Gasteiger partial charge < -0.3 is 5.32 Å². The summed E-state index contributed by atoms with van der Waals surface area (Å²) in [5.41, 5.74) is 1.27. The zero-order valence-electron chi connectivity index (χ0n) is 13.9. The molecule has 2 atom stereocenters. The summed E-state index contributed by atoms with van der Waals surface area (Å²) in [6.07, 6.45) is 9.25. The van der Waals surface area contributed by atoms with Crippen molar-refractivity contribution >= 4 is 5.95 Å². The normalized spacial score (nSPS) is 24.9. The van der Waals surface area contributed by atoms with E-state index < -0.39 is 5.82 Å². The van der Waals surface area contributed by atoms with Gasteiger partial charge in [0.15, 0.2) is 5.82 Å². The Bertz CT molecular complexity index is 681. The number of anilines is 1. The molecule has 0 aromatic carbocycles. The van der Waals surface area contributed by atoms with Crippen molar-refractivity contribution in [3.8, 4) is 0 Å². The monoisotopic (exact) mass is 330 g/mol. The van der Waals surface area contributed by atoms with Gasteiger partial charge in [0.1, 0.15) is 0 Å². The first-order valence-corrected chi connectivity index (χ1v) is 8.67. The lowest BCUT2D eigenvalue weighted by atomic mass is 9.86. The molecule has 2 aromatic heterocycles. The number of piperidine rings is 1. The summed E-state index contributed by atoms with van der Waals surface area (Å²) < 4.78 is 14.9. The van der Waals surface area contributed by atoms with E-state index in [2.05, 4.69) is 31.3 Å². The van der Waals surface area contributed by atoms with Crippen LogP contribution in [-0.4, -0.2) is 43.8 Å². The summed E-state index contributed by atoms with van der Waals surface area (Å²) in [6, 6.07) is 3.22. The van der Waals surface area contributed by atoms with Crippen LogP contribution in [0.1, 0.15) is 37.4 Å². The Morgan fingerprint density at radius 1 is 1.25 bits per heavy atom. The van der Waals surface area contributed by atoms with Crippen molar-refractivity contribution in [3.05, 3.63) is 36.2 Å². The number of aromatic nitrogens is 4. The molecule has 0 amide bonds. The van der Waals surface area contributed by atoms with Crippen LogP contribution in [0.25, 0.3) is 0 Å². The number of rotatable bonds is 5. The molecule has 0 bridgehead atoms. The lowest BCUT2D eigenvalue weighted by molar-refractivity contribution is 0.0841. The average molecular weight is 330 g/mol. The minimum atomic E-state index is -0.411. The fourth-order valence-electron chi connectivity index (χ4n) is 3.84. The van der Waals surface area contributed by atoms with Crippen LogP contribution in [0.3, 0.4) is 0 Å². The number of nitrogens with zero attached hydrogens (tertiary/aromatic N) is 5. The van der Waals surface area contributed by atoms with E-state index >= 15 is 0 Å². The van der Waals surface area contributed by atoms with E-state index in [1.165, 1.54) is 37.4 Å². The maximum absolute atomic E-state index is 13.0. The summed E-state index contributed by atoms with van der Waals surface area (Å²) in [6.45, 7) is 1.94. The number of halogens is 1. The minimum Gasteiger partial charge on any atom is -0.354 e. The van der Waals surface area contributed by atoms with Gasteiger partial charge in [0.05, 0.1) is 24.1 Å². The molecule has 2 aliphatic rings. The molecule has 1 N–H and O–H groups in total. The van der Waals surface area contributed by atoms with Gasteiger partial charge in [0.2, 0.25) is 5.95 Å². The third kappa shape index (κ3) is 3.13. The Labute approximate surface area is 141 Å². The van der Waals surface area contributed by atoms with E-state index in [0.717, 1.165) is 25.6 Å². The number of aryl methyl sites for hydroxylation is 1. The van der Waals surface area contributed by atoms with Crippen molar-refractivity contribution in [1.82, 2.24) is 24.6 Å². The third-order valence-electron chi connectivity index (χ3n) is 5.12. The molecule has 0 radical (unpaired) electrons. The van der Waals surface area contributed by atoms with Crippen LogP contribution in [0.2, 0.25) is 0 Å². The molecule has 1 saturated carbocycles. The Morgan fingerprint density at radius 3 is 2.71 bits per heavy atom. The van der Waals surface area contributed by atoms with Crippen LogP contribution in [0, 0.1) is 11.7 Å². The number of hydrogen-bond donors (Lipinski definition) is 1. The average Bonchev–Trinajstić information content (AvgIpc) is 3.36. The molecule has 1 saturated heterocycles. The second-order valence-corrected chi connectivity index (χ2v) is 6.80. The highest BCUT2D eigenvalue weighted by Crippen LogP contribution is 2.42. The van der Waals surface area contributed by atoms with E-state index in [1.807, 2.05) is 17.9 Å². The maximum atomic E-state index is 13.0. The first-order chi connectivity index (χ1) is 11.7. The van der Waals surface area contributed by atoms with E-state index in [9.17, 15) is 4.39 Å². The molecule has 1 aliphatic carbocycles. The number of nitrogens with one attached hydrogen (secondary N) is 1. The van der Waals surface area contributed by atoms with Crippen LogP contribution in [0.5, 0.6) is 0 Å². The number of hydrogen-bond acceptors (Lipinski definition) is 5. The van der Waals surface area contributed by atoms with Crippen molar-refractivity contribution in [2.75, 3.05) is 18.4 Å². The van der Waals surface area contributed by atoms with E-state index in [4.69, 9.17) is 0 Å². The highest BCUT2D eigenvalue weighted by Gasteiger charge is 2.41. The molecule has 2 fully saturated rings. The molecule has 6 nitrogen and oxygen atoms in total. The van der Waals surface area contributed by atoms with Crippen molar-refractivity contribution in [2.24, 2.45) is 13.0 Å². The van der Waals surface area contributed by atoms with Gasteiger partial charge >= 0.3 is 0 Å². The van der Waals surface area contributed by atoms with Gasteiger partial charge in [-0.25, -0.2) is 14.4 Å². The summed E-state index contributed by atoms with van der Waals surface area (Å²) in [7, 11) is 2.02. The van der Waals surface area contributed by atoms with Crippen molar-refractivity contribution in [2.45, 2.75) is 37.8 Å². The fourth-order valence-corrected chi connectivity index (χ4v) is 3.84. The van der Waals surface area contributed by atoms with Gasteiger partial charge in [-0.3, -0.25) is 9.58 Å². The van der Waals surface area contributed by atoms with Crippen LogP contribution in [0.4, 0.5) is 10.3 Å². The predicted molar refractivity (Wildman–Crippen MR) is 88.9 cm³/mol. The lowest BCUT2D eigenvalue weighted by Gasteiger charge is -2.41. The molecule has 24 heavy (non-hydrogen) atoms. The lowest BCUT2D eigenvalue weighted by Crippen LogP contribution is -2.43. The minimum absolute atomic E-state index is 0.367. The van der Waals surface area contributed by atoms with Gasteiger partial charge in [0.25, 0.3) is 0 Å². The quantitative estimate of drug-likeness (QED) is 0.912. The zero-order chi connectivity index (χ0) is 16.5. The second-order valence-electron chi connectivity index (χ2n) is 6.80. The standard InChI is InChI=1S/C17H23FN6/c1-23-15(6-7-22-23)16-12(3-2-8-24(16)14-4-5-14)9-19-17-20-10-13(18)11-21-17/h6-7,10-12,14,16H,2-5,8-9H2,1H3,(H,19,20,21)/t12-,16+/m0/s1. The molecule has 0 unspecified atom stereocenters. The van der Waals surface area contributed by atoms with E-state index in [0.29, 0.717) is 17.9 Å². The van der Waals surface area contributed by atoms with Crippen molar-refractivity contribution < 1.29 is 4.39 Å². The molecular weight excluding hydrogens is 307 g/mol. The molecule has 4 rings (SSSR count). The highest BCUT2D eigenvalue weighted by molar-refractivity contribution is 5.23. The highest BCUT2D eigenvalue weighted by atomic mass is 19.1. The Hall–Kier alpha value is -2.02. The molecule has 1 aliphatic heterocycles. The van der Waals surface area contributed by atoms with Gasteiger partial charge in [-0.2, -0.15) is 5.10 Å². The van der Waals surface area contributed by atoms with Crippen LogP contribution in [-0.2, 0) is 7.05 Å². The molecular formula is C17H23FN6. The maximum Gasteiger partial charge on any atom is 0.222 e. The smallest absolute Gasteiger partial charge is 0.222 e. The predicted octanol–water partition coefficient (Wildman–Crippen LogP) is 2.38. The van der Waals surface area contributed by atoms with Gasteiger partial charge in [-0.05, 0) is 44.2 Å². The summed E-state index contributed by atoms with van der Waals surface area (Å²) in [4.78, 5) is 10.7. The van der Waals surface area contributed by atoms with Crippen LogP contribution in [0.15, 0.2) is 24.7 Å². The Kier molecular flexibility index (Phi) is 4.18. The first kappa shape index (κ1) is 15.5. The van der Waals surface area contributed by atoms with Crippen LogP contribution >= 0.6 is 0 Å². The van der Waals surface area contributed by atoms with Crippen LogP contribution < -0.4 is 5.32 Å². The molecule has 2 aromatic rings. The third-order valence-corrected chi connectivity index (χ3v) is 5.12. The first-order valence-electron chi connectivity index (χ1n) is 8.67. The van der Waals surface area contributed by atoms with E-state index in [-0.39, 0.29) is 0 Å². The largest absolute Gasteiger partial charge is 0.354 e. The fraction of sp³-hybridized carbons (Fsp3) is 0.588. The second kappa shape index (κ2) is 6.47. The summed E-state index contributed by atoms with van der Waals surface area (Å²) >= 11 is 0. The van der Waals surface area contributed by atoms with Gasteiger partial charge in [-0.15, -0.1) is 0 Å². The number of likely N-dealkylation sites (tertiary alicyclic amines) is 1. The Balaban J connectivity index is 1.52. The van der Waals surface area contributed by atoms with Crippen molar-refractivity contribution in [1.29, 1.82) is 0 Å². The topological polar surface area (TPSA) is 58.9 Å². The SMILES string of the molecule is Cn1nccc1[C@H]1[C@H](CNc2ncc(F)cn2)CCCN1C1CC1. The summed E-state index contributed by atoms with van der Waals surface area (Å²) in [5, 5.41) is 7.66. The van der Waals surface area contributed by atoms with Gasteiger partial charge in [0, 0.05) is 25.8 Å². The molecule has 128 valence electrons. The summed E-state index contributed by atoms with van der Waals surface area (Å²) in [5.74, 6) is 0.540.